The van der Waals surface area contributed by atoms with Gasteiger partial charge in [0.1, 0.15) is 19.3 Å². The number of unbranched alkanes of at least 4 members (excludes halogenated alkanes) is 47. The van der Waals surface area contributed by atoms with E-state index in [2.05, 4.69) is 34.6 Å². The number of hydrogen-bond donors (Lipinski definition) is 3. The van der Waals surface area contributed by atoms with Crippen LogP contribution in [-0.2, 0) is 65.4 Å². The zero-order valence-electron chi connectivity index (χ0n) is 61.1. The zero-order chi connectivity index (χ0) is 69.1. The van der Waals surface area contributed by atoms with Gasteiger partial charge in [-0.3, -0.25) is 37.3 Å². The van der Waals surface area contributed by atoms with Gasteiger partial charge in [0.25, 0.3) is 0 Å². The van der Waals surface area contributed by atoms with Crippen LogP contribution in [-0.4, -0.2) is 96.7 Å². The van der Waals surface area contributed by atoms with Crippen LogP contribution in [0.4, 0.5) is 0 Å². The lowest BCUT2D eigenvalue weighted by molar-refractivity contribution is -0.161. The third-order valence-corrected chi connectivity index (χ3v) is 19.4. The van der Waals surface area contributed by atoms with Crippen molar-refractivity contribution in [1.29, 1.82) is 0 Å². The van der Waals surface area contributed by atoms with Crippen LogP contribution in [0.1, 0.15) is 394 Å². The molecule has 0 aromatic carbocycles. The number of rotatable bonds is 75. The third kappa shape index (κ3) is 68.6. The van der Waals surface area contributed by atoms with E-state index in [4.69, 9.17) is 37.0 Å². The second kappa shape index (κ2) is 68.2. The molecule has 3 N–H and O–H groups in total. The molecule has 0 bridgehead atoms. The van der Waals surface area contributed by atoms with E-state index in [-0.39, 0.29) is 25.7 Å². The molecule has 5 atom stereocenters. The highest BCUT2D eigenvalue weighted by atomic mass is 31.2. The molecular weight excluding hydrogens is 1230 g/mol. The minimum Gasteiger partial charge on any atom is -0.462 e. The third-order valence-electron chi connectivity index (χ3n) is 17.5. The Balaban J connectivity index is 5.14. The average molecular weight is 1380 g/mol. The molecule has 0 aliphatic rings. The molecule has 0 aliphatic carbocycles. The SMILES string of the molecule is CCCCCCCCCCCCCCCCCCCCCC(=O)OC[C@H](COP(=O)(O)OC[C@@H](O)COP(=O)(O)OC[C@@H](COC(=O)CCCCCCCCC)OC(=O)CCCCCCCCC(C)C)OC(=O)CCCCCCCCCCCCCCCCCCCCC. The van der Waals surface area contributed by atoms with Gasteiger partial charge < -0.3 is 33.8 Å². The summed E-state index contributed by atoms with van der Waals surface area (Å²) < 4.78 is 68.3. The fourth-order valence-corrected chi connectivity index (χ4v) is 13.1. The summed E-state index contributed by atoms with van der Waals surface area (Å²) in [5.74, 6) is -1.46. The number of hydrogen-bond acceptors (Lipinski definition) is 15. The molecule has 0 aliphatic heterocycles. The second-order valence-electron chi connectivity index (χ2n) is 27.5. The van der Waals surface area contributed by atoms with E-state index >= 15 is 0 Å². The number of aliphatic hydroxyl groups excluding tert-OH is 1. The minimum atomic E-state index is -4.95. The van der Waals surface area contributed by atoms with E-state index in [1.165, 1.54) is 205 Å². The molecule has 0 saturated heterocycles. The lowest BCUT2D eigenvalue weighted by Crippen LogP contribution is -2.30. The van der Waals surface area contributed by atoms with Crippen LogP contribution in [0.3, 0.4) is 0 Å². The van der Waals surface area contributed by atoms with Gasteiger partial charge in [0.2, 0.25) is 0 Å². The molecule has 2 unspecified atom stereocenters. The van der Waals surface area contributed by atoms with Crippen molar-refractivity contribution in [3.8, 4) is 0 Å². The molecule has 17 nitrogen and oxygen atoms in total. The monoisotopic (exact) mass is 1380 g/mol. The molecule has 0 rings (SSSR count). The summed E-state index contributed by atoms with van der Waals surface area (Å²) >= 11 is 0. The molecule has 0 aromatic rings. The highest BCUT2D eigenvalue weighted by molar-refractivity contribution is 7.47. The first-order chi connectivity index (χ1) is 45.5. The highest BCUT2D eigenvalue weighted by Gasteiger charge is 2.30. The Morgan fingerprint density at radius 2 is 0.489 bits per heavy atom. The Morgan fingerprint density at radius 1 is 0.287 bits per heavy atom. The maximum absolute atomic E-state index is 13.1. The van der Waals surface area contributed by atoms with Gasteiger partial charge in [0.15, 0.2) is 12.2 Å². The van der Waals surface area contributed by atoms with E-state index in [9.17, 15) is 43.2 Å². The summed E-state index contributed by atoms with van der Waals surface area (Å²) in [6, 6.07) is 0. The second-order valence-corrected chi connectivity index (χ2v) is 30.4. The maximum atomic E-state index is 13.1. The largest absolute Gasteiger partial charge is 0.472 e. The van der Waals surface area contributed by atoms with Crippen LogP contribution in [0.5, 0.6) is 0 Å². The molecule has 0 radical (unpaired) electrons. The van der Waals surface area contributed by atoms with Crippen LogP contribution in [0, 0.1) is 5.92 Å². The lowest BCUT2D eigenvalue weighted by Gasteiger charge is -2.21. The molecule has 0 fully saturated rings. The standard InChI is InChI=1S/C75H146O17P2/c1-6-9-12-15-18-20-22-24-26-28-30-32-34-36-38-40-43-49-54-59-73(78)86-65-70(91-74(79)60-55-50-44-41-39-37-35-33-31-29-27-25-23-21-19-16-13-10-7-2)66-89-93(81,82)87-62-69(76)63-88-94(83,84)90-67-71(64-85-72(77)58-53-48-42-17-14-11-8-3)92-75(80)61-56-51-46-45-47-52-57-68(4)5/h68-71,76H,6-67H2,1-5H3,(H,81,82)(H,83,84)/t69-,70-,71-/m1/s1. The lowest BCUT2D eigenvalue weighted by atomic mass is 10.0. The van der Waals surface area contributed by atoms with Crippen LogP contribution in [0.15, 0.2) is 0 Å². The maximum Gasteiger partial charge on any atom is 0.472 e. The molecular formula is C75H146O17P2. The summed E-state index contributed by atoms with van der Waals surface area (Å²) in [5.41, 5.74) is 0. The number of carbonyl (C=O) groups excluding carboxylic acids is 4. The fourth-order valence-electron chi connectivity index (χ4n) is 11.5. The number of phosphoric acid groups is 2. The van der Waals surface area contributed by atoms with Crippen LogP contribution in [0.2, 0.25) is 0 Å². The van der Waals surface area contributed by atoms with Crippen molar-refractivity contribution in [3.05, 3.63) is 0 Å². The Kier molecular flexibility index (Phi) is 66.8. The van der Waals surface area contributed by atoms with E-state index in [0.717, 1.165) is 103 Å². The predicted molar refractivity (Wildman–Crippen MR) is 382 cm³/mol. The van der Waals surface area contributed by atoms with Gasteiger partial charge in [0, 0.05) is 25.7 Å². The van der Waals surface area contributed by atoms with Gasteiger partial charge in [-0.05, 0) is 31.6 Å². The van der Waals surface area contributed by atoms with E-state index in [1.807, 2.05) is 0 Å². The summed E-state index contributed by atoms with van der Waals surface area (Å²) in [6.45, 7) is 7.14. The molecule has 558 valence electrons. The number of aliphatic hydroxyl groups is 1. The average Bonchev–Trinajstić information content (AvgIpc) is 1.51. The van der Waals surface area contributed by atoms with Crippen molar-refractivity contribution in [2.24, 2.45) is 5.92 Å². The van der Waals surface area contributed by atoms with Crippen molar-refractivity contribution in [2.75, 3.05) is 39.6 Å². The Morgan fingerprint density at radius 3 is 0.723 bits per heavy atom. The zero-order valence-corrected chi connectivity index (χ0v) is 62.9. The fraction of sp³-hybridized carbons (Fsp3) is 0.947. The van der Waals surface area contributed by atoms with Gasteiger partial charge in [-0.1, -0.05) is 343 Å². The Labute approximate surface area is 575 Å². The van der Waals surface area contributed by atoms with Crippen LogP contribution < -0.4 is 0 Å². The number of phosphoric ester groups is 2. The smallest absolute Gasteiger partial charge is 0.462 e. The minimum absolute atomic E-state index is 0.102. The van der Waals surface area contributed by atoms with Gasteiger partial charge in [0.05, 0.1) is 26.4 Å². The number of carbonyl (C=O) groups is 4. The quantitative estimate of drug-likeness (QED) is 0.0222. The van der Waals surface area contributed by atoms with Gasteiger partial charge in [-0.25, -0.2) is 9.13 Å². The van der Waals surface area contributed by atoms with Crippen molar-refractivity contribution in [1.82, 2.24) is 0 Å². The van der Waals surface area contributed by atoms with Crippen LogP contribution >= 0.6 is 15.6 Å². The van der Waals surface area contributed by atoms with Crippen molar-refractivity contribution in [2.45, 2.75) is 412 Å². The molecule has 0 heterocycles. The van der Waals surface area contributed by atoms with Crippen molar-refractivity contribution >= 4 is 39.5 Å². The predicted octanol–water partition coefficient (Wildman–Crippen LogP) is 22.1. The van der Waals surface area contributed by atoms with Gasteiger partial charge in [-0.2, -0.15) is 0 Å². The van der Waals surface area contributed by atoms with E-state index in [1.54, 1.807) is 0 Å². The number of ether oxygens (including phenoxy) is 4. The van der Waals surface area contributed by atoms with Crippen molar-refractivity contribution in [3.63, 3.8) is 0 Å². The topological polar surface area (TPSA) is 237 Å². The van der Waals surface area contributed by atoms with Crippen LogP contribution in [0.25, 0.3) is 0 Å². The molecule has 0 saturated carbocycles. The molecule has 0 amide bonds. The first-order valence-corrected chi connectivity index (χ1v) is 42.1. The van der Waals surface area contributed by atoms with Gasteiger partial charge >= 0.3 is 39.5 Å². The first-order valence-electron chi connectivity index (χ1n) is 39.1. The Bertz CT molecular complexity index is 1810. The number of esters is 4. The first kappa shape index (κ1) is 92.1. The molecule has 0 aromatic heterocycles. The molecule has 19 heteroatoms. The summed E-state index contributed by atoms with van der Waals surface area (Å²) in [4.78, 5) is 72.5. The normalized spacial score (nSPS) is 14.0. The molecule has 0 spiro atoms. The molecule has 94 heavy (non-hydrogen) atoms. The van der Waals surface area contributed by atoms with Crippen molar-refractivity contribution < 1.29 is 80.2 Å². The Hall–Kier alpha value is -1.94. The summed E-state index contributed by atoms with van der Waals surface area (Å²) in [7, 11) is -9.90. The van der Waals surface area contributed by atoms with Gasteiger partial charge in [-0.15, -0.1) is 0 Å². The summed E-state index contributed by atoms with van der Waals surface area (Å²) in [6.07, 6.45) is 57.4. The summed E-state index contributed by atoms with van der Waals surface area (Å²) in [5, 5.41) is 10.6. The van der Waals surface area contributed by atoms with E-state index < -0.39 is 97.5 Å². The van der Waals surface area contributed by atoms with E-state index in [0.29, 0.717) is 31.6 Å². The highest BCUT2D eigenvalue weighted by Crippen LogP contribution is 2.45.